The van der Waals surface area contributed by atoms with E-state index in [0.29, 0.717) is 25.2 Å². The zero-order valence-corrected chi connectivity index (χ0v) is 15.7. The van der Waals surface area contributed by atoms with E-state index in [1.165, 1.54) is 4.31 Å². The van der Waals surface area contributed by atoms with E-state index in [1.807, 2.05) is 37.3 Å². The van der Waals surface area contributed by atoms with Crippen molar-refractivity contribution in [3.63, 3.8) is 0 Å². The summed E-state index contributed by atoms with van der Waals surface area (Å²) >= 11 is 0. The summed E-state index contributed by atoms with van der Waals surface area (Å²) in [6.45, 7) is 3.13. The van der Waals surface area contributed by atoms with Gasteiger partial charge < -0.3 is 5.32 Å². The second-order valence-corrected chi connectivity index (χ2v) is 8.43. The van der Waals surface area contributed by atoms with Gasteiger partial charge in [0.2, 0.25) is 15.9 Å². The summed E-state index contributed by atoms with van der Waals surface area (Å²) in [7, 11) is -3.43. The molecule has 1 N–H and O–H groups in total. The first kappa shape index (κ1) is 18.6. The van der Waals surface area contributed by atoms with Crippen molar-refractivity contribution in [1.29, 1.82) is 0 Å². The van der Waals surface area contributed by atoms with Crippen molar-refractivity contribution in [2.24, 2.45) is 0 Å². The second kappa shape index (κ2) is 8.01. The zero-order valence-electron chi connectivity index (χ0n) is 14.9. The summed E-state index contributed by atoms with van der Waals surface area (Å²) in [5.41, 5.74) is 1.57. The minimum atomic E-state index is -3.43. The molecule has 0 aliphatic carbocycles. The number of nitrogens with zero attached hydrogens (tertiary/aromatic N) is 1. The van der Waals surface area contributed by atoms with Gasteiger partial charge in [-0.3, -0.25) is 4.79 Å². The normalized spacial score (nSPS) is 16.3. The highest BCUT2D eigenvalue weighted by Crippen LogP contribution is 2.24. The third-order valence-corrected chi connectivity index (χ3v) is 6.66. The van der Waals surface area contributed by atoms with Gasteiger partial charge in [-0.1, -0.05) is 37.3 Å². The molecule has 1 aliphatic rings. The second-order valence-electron chi connectivity index (χ2n) is 6.50. The summed E-state index contributed by atoms with van der Waals surface area (Å²) < 4.78 is 26.6. The Morgan fingerprint density at radius 3 is 2.23 bits per heavy atom. The largest absolute Gasteiger partial charge is 0.326 e. The molecule has 0 bridgehead atoms. The summed E-state index contributed by atoms with van der Waals surface area (Å²) in [5, 5.41) is 2.89. The molecule has 1 fully saturated rings. The fraction of sp³-hybridized carbons (Fsp3) is 0.350. The average Bonchev–Trinajstić information content (AvgIpc) is 3.19. The smallest absolute Gasteiger partial charge is 0.243 e. The molecule has 26 heavy (non-hydrogen) atoms. The molecule has 6 heteroatoms. The molecule has 1 atom stereocenters. The molecule has 138 valence electrons. The van der Waals surface area contributed by atoms with Crippen LogP contribution in [0.15, 0.2) is 59.5 Å². The van der Waals surface area contributed by atoms with Crippen LogP contribution in [0.5, 0.6) is 0 Å². The minimum Gasteiger partial charge on any atom is -0.326 e. The van der Waals surface area contributed by atoms with E-state index in [4.69, 9.17) is 0 Å². The van der Waals surface area contributed by atoms with E-state index in [1.54, 1.807) is 24.3 Å². The molecule has 0 aromatic heterocycles. The van der Waals surface area contributed by atoms with Crippen LogP contribution in [0.4, 0.5) is 5.69 Å². The van der Waals surface area contributed by atoms with Gasteiger partial charge in [0.15, 0.2) is 0 Å². The molecular weight excluding hydrogens is 348 g/mol. The molecule has 0 radical (unpaired) electrons. The molecule has 1 heterocycles. The molecule has 1 saturated heterocycles. The van der Waals surface area contributed by atoms with Crippen molar-refractivity contribution in [3.05, 3.63) is 60.2 Å². The Kier molecular flexibility index (Phi) is 5.74. The van der Waals surface area contributed by atoms with Gasteiger partial charge in [-0.05, 0) is 49.1 Å². The van der Waals surface area contributed by atoms with Crippen LogP contribution in [0.3, 0.4) is 0 Å². The van der Waals surface area contributed by atoms with Gasteiger partial charge in [-0.25, -0.2) is 8.42 Å². The van der Waals surface area contributed by atoms with E-state index in [-0.39, 0.29) is 16.7 Å². The van der Waals surface area contributed by atoms with E-state index in [9.17, 15) is 13.2 Å². The highest BCUT2D eigenvalue weighted by Gasteiger charge is 2.27. The fourth-order valence-corrected chi connectivity index (χ4v) is 4.79. The number of hydrogen-bond donors (Lipinski definition) is 1. The fourth-order valence-electron chi connectivity index (χ4n) is 3.27. The SMILES string of the molecule is CC[C@H](C(=O)Nc1ccc(S(=O)(=O)N2CCCC2)cc1)c1ccccc1. The van der Waals surface area contributed by atoms with Gasteiger partial charge in [0.1, 0.15) is 0 Å². The molecule has 0 unspecified atom stereocenters. The van der Waals surface area contributed by atoms with E-state index < -0.39 is 10.0 Å². The summed E-state index contributed by atoms with van der Waals surface area (Å²) in [4.78, 5) is 12.9. The van der Waals surface area contributed by atoms with Gasteiger partial charge in [0, 0.05) is 18.8 Å². The molecular formula is C20H24N2O3S. The monoisotopic (exact) mass is 372 g/mol. The van der Waals surface area contributed by atoms with Crippen LogP contribution in [-0.4, -0.2) is 31.7 Å². The molecule has 2 aromatic carbocycles. The Morgan fingerprint density at radius 2 is 1.65 bits per heavy atom. The maximum atomic E-state index is 12.6. The highest BCUT2D eigenvalue weighted by atomic mass is 32.2. The number of carbonyl (C=O) groups excluding carboxylic acids is 1. The van der Waals surface area contributed by atoms with Gasteiger partial charge in [0.05, 0.1) is 10.8 Å². The van der Waals surface area contributed by atoms with Gasteiger partial charge >= 0.3 is 0 Å². The number of nitrogens with one attached hydrogen (secondary N) is 1. The third-order valence-electron chi connectivity index (χ3n) is 4.75. The van der Waals surface area contributed by atoms with Gasteiger partial charge in [-0.15, -0.1) is 0 Å². The third kappa shape index (κ3) is 3.97. The number of hydrogen-bond acceptors (Lipinski definition) is 3. The topological polar surface area (TPSA) is 66.5 Å². The first-order chi connectivity index (χ1) is 12.5. The molecule has 2 aromatic rings. The lowest BCUT2D eigenvalue weighted by Gasteiger charge is -2.17. The van der Waals surface area contributed by atoms with Crippen molar-refractivity contribution in [3.8, 4) is 0 Å². The van der Waals surface area contributed by atoms with E-state index in [2.05, 4.69) is 5.32 Å². The quantitative estimate of drug-likeness (QED) is 0.842. The summed E-state index contributed by atoms with van der Waals surface area (Å²) in [6.07, 6.45) is 2.51. The molecule has 0 saturated carbocycles. The van der Waals surface area contributed by atoms with E-state index in [0.717, 1.165) is 18.4 Å². The van der Waals surface area contributed by atoms with Crippen molar-refractivity contribution in [2.45, 2.75) is 37.0 Å². The molecule has 0 spiro atoms. The highest BCUT2D eigenvalue weighted by molar-refractivity contribution is 7.89. The van der Waals surface area contributed by atoms with Crippen LogP contribution in [-0.2, 0) is 14.8 Å². The Bertz CT molecular complexity index is 842. The minimum absolute atomic E-state index is 0.0890. The molecule has 5 nitrogen and oxygen atoms in total. The number of rotatable bonds is 6. The maximum absolute atomic E-state index is 12.6. The predicted octanol–water partition coefficient (Wildman–Crippen LogP) is 3.60. The van der Waals surface area contributed by atoms with Gasteiger partial charge in [-0.2, -0.15) is 4.31 Å². The Morgan fingerprint density at radius 1 is 1.04 bits per heavy atom. The van der Waals surface area contributed by atoms with Crippen LogP contribution in [0.2, 0.25) is 0 Å². The van der Waals surface area contributed by atoms with Crippen LogP contribution < -0.4 is 5.32 Å². The summed E-state index contributed by atoms with van der Waals surface area (Å²) in [5.74, 6) is -0.321. The van der Waals surface area contributed by atoms with Gasteiger partial charge in [0.25, 0.3) is 0 Å². The molecule has 1 amide bonds. The predicted molar refractivity (Wildman–Crippen MR) is 103 cm³/mol. The average molecular weight is 372 g/mol. The maximum Gasteiger partial charge on any atom is 0.243 e. The molecule has 1 aliphatic heterocycles. The number of benzene rings is 2. The number of sulfonamides is 1. The van der Waals surface area contributed by atoms with Crippen LogP contribution in [0.25, 0.3) is 0 Å². The van der Waals surface area contributed by atoms with Crippen molar-refractivity contribution < 1.29 is 13.2 Å². The number of carbonyl (C=O) groups is 1. The molecule has 3 rings (SSSR count). The van der Waals surface area contributed by atoms with Crippen molar-refractivity contribution in [1.82, 2.24) is 4.31 Å². The first-order valence-corrected chi connectivity index (χ1v) is 10.4. The Balaban J connectivity index is 1.72. The first-order valence-electron chi connectivity index (χ1n) is 8.98. The van der Waals surface area contributed by atoms with E-state index >= 15 is 0 Å². The lowest BCUT2D eigenvalue weighted by atomic mass is 9.95. The zero-order chi connectivity index (χ0) is 18.6. The lowest BCUT2D eigenvalue weighted by molar-refractivity contribution is -0.117. The Hall–Kier alpha value is -2.18. The number of anilines is 1. The van der Waals surface area contributed by atoms with Crippen LogP contribution in [0, 0.1) is 0 Å². The van der Waals surface area contributed by atoms with Crippen molar-refractivity contribution in [2.75, 3.05) is 18.4 Å². The standard InChI is InChI=1S/C20H24N2O3S/c1-2-19(16-8-4-3-5-9-16)20(23)21-17-10-12-18(13-11-17)26(24,25)22-14-6-7-15-22/h3-5,8-13,19H,2,6-7,14-15H2,1H3,(H,21,23)/t19-/m0/s1. The van der Waals surface area contributed by atoms with Crippen LogP contribution in [0.1, 0.15) is 37.7 Å². The van der Waals surface area contributed by atoms with Crippen LogP contribution >= 0.6 is 0 Å². The Labute approximate surface area is 155 Å². The summed E-state index contributed by atoms with van der Waals surface area (Å²) in [6, 6.07) is 16.1. The lowest BCUT2D eigenvalue weighted by Crippen LogP contribution is -2.27. The number of amides is 1. The van der Waals surface area contributed by atoms with Crippen molar-refractivity contribution >= 4 is 21.6 Å².